The molecular formula is C19H24N2O2. The van der Waals surface area contributed by atoms with Crippen molar-refractivity contribution in [1.82, 2.24) is 10.8 Å². The number of carbonyl (C=O) groups excluding carboxylic acids is 1. The lowest BCUT2D eigenvalue weighted by Crippen LogP contribution is -2.53. The Balaban J connectivity index is 1.71. The van der Waals surface area contributed by atoms with E-state index < -0.39 is 5.54 Å². The lowest BCUT2D eigenvalue weighted by molar-refractivity contribution is -0.140. The van der Waals surface area contributed by atoms with Crippen molar-refractivity contribution in [2.45, 2.75) is 32.4 Å². The molecule has 0 aliphatic rings. The van der Waals surface area contributed by atoms with Crippen LogP contribution in [0.3, 0.4) is 0 Å². The van der Waals surface area contributed by atoms with Crippen LogP contribution < -0.4 is 10.8 Å². The fraction of sp³-hybridized carbons (Fsp3) is 0.316. The third-order valence-electron chi connectivity index (χ3n) is 3.64. The number of nitrogens with one attached hydrogen (secondary N) is 2. The van der Waals surface area contributed by atoms with Gasteiger partial charge in [-0.05, 0) is 31.4 Å². The first-order chi connectivity index (χ1) is 11.1. The lowest BCUT2D eigenvalue weighted by atomic mass is 10.0. The molecule has 2 N–H and O–H groups in total. The van der Waals surface area contributed by atoms with Crippen molar-refractivity contribution in [2.75, 3.05) is 6.54 Å². The summed E-state index contributed by atoms with van der Waals surface area (Å²) in [5.41, 5.74) is 4.09. The zero-order valence-corrected chi connectivity index (χ0v) is 13.7. The first kappa shape index (κ1) is 17.2. The first-order valence-electron chi connectivity index (χ1n) is 7.83. The zero-order chi connectivity index (χ0) is 16.5. The fourth-order valence-electron chi connectivity index (χ4n) is 2.13. The van der Waals surface area contributed by atoms with Gasteiger partial charge in [-0.3, -0.25) is 9.63 Å². The third kappa shape index (κ3) is 5.85. The highest BCUT2D eigenvalue weighted by atomic mass is 16.6. The molecule has 0 aliphatic carbocycles. The molecule has 2 rings (SSSR count). The molecule has 0 atom stereocenters. The van der Waals surface area contributed by atoms with Crippen LogP contribution in [-0.4, -0.2) is 18.0 Å². The van der Waals surface area contributed by atoms with Crippen molar-refractivity contribution in [3.05, 3.63) is 71.8 Å². The summed E-state index contributed by atoms with van der Waals surface area (Å²) in [6, 6.07) is 19.9. The Bertz CT molecular complexity index is 597. The maximum Gasteiger partial charge on any atom is 0.263 e. The molecule has 0 spiro atoms. The second kappa shape index (κ2) is 8.46. The third-order valence-corrected chi connectivity index (χ3v) is 3.64. The van der Waals surface area contributed by atoms with Gasteiger partial charge in [0.1, 0.15) is 0 Å². The van der Waals surface area contributed by atoms with E-state index in [4.69, 9.17) is 4.84 Å². The minimum Gasteiger partial charge on any atom is -0.303 e. The fourth-order valence-corrected chi connectivity index (χ4v) is 2.13. The van der Waals surface area contributed by atoms with Gasteiger partial charge in [0.15, 0.2) is 0 Å². The largest absolute Gasteiger partial charge is 0.303 e. The molecule has 2 aromatic rings. The van der Waals surface area contributed by atoms with E-state index in [9.17, 15) is 4.79 Å². The van der Waals surface area contributed by atoms with Crippen LogP contribution >= 0.6 is 0 Å². The molecule has 1 amide bonds. The van der Waals surface area contributed by atoms with Crippen LogP contribution in [0.4, 0.5) is 0 Å². The van der Waals surface area contributed by atoms with Gasteiger partial charge in [-0.15, -0.1) is 0 Å². The number of hydroxylamine groups is 1. The molecule has 2 aromatic carbocycles. The summed E-state index contributed by atoms with van der Waals surface area (Å²) in [4.78, 5) is 17.5. The molecule has 0 radical (unpaired) electrons. The van der Waals surface area contributed by atoms with E-state index >= 15 is 0 Å². The van der Waals surface area contributed by atoms with E-state index in [0.717, 1.165) is 18.5 Å². The monoisotopic (exact) mass is 312 g/mol. The smallest absolute Gasteiger partial charge is 0.263 e. The Kier molecular flexibility index (Phi) is 6.32. The van der Waals surface area contributed by atoms with E-state index in [2.05, 4.69) is 22.9 Å². The molecular weight excluding hydrogens is 288 g/mol. The van der Waals surface area contributed by atoms with Gasteiger partial charge < -0.3 is 5.32 Å². The number of benzene rings is 2. The van der Waals surface area contributed by atoms with Gasteiger partial charge in [-0.2, -0.15) is 0 Å². The standard InChI is InChI=1S/C19H24N2O2/c1-19(2,20-14-13-16-9-5-3-6-10-16)18(22)21-23-15-17-11-7-4-8-12-17/h3-12,20H,13-15H2,1-2H3,(H,21,22). The quantitative estimate of drug-likeness (QED) is 0.737. The second-order valence-corrected chi connectivity index (χ2v) is 5.99. The maximum absolute atomic E-state index is 12.2. The van der Waals surface area contributed by atoms with Crippen LogP contribution in [0.5, 0.6) is 0 Å². The Hall–Kier alpha value is -2.17. The lowest BCUT2D eigenvalue weighted by Gasteiger charge is -2.25. The van der Waals surface area contributed by atoms with Crippen LogP contribution in [0.2, 0.25) is 0 Å². The summed E-state index contributed by atoms with van der Waals surface area (Å²) in [6.07, 6.45) is 0.877. The molecule has 0 aliphatic heterocycles. The number of amides is 1. The van der Waals surface area contributed by atoms with Crippen LogP contribution in [0.25, 0.3) is 0 Å². The molecule has 23 heavy (non-hydrogen) atoms. The highest BCUT2D eigenvalue weighted by molar-refractivity contribution is 5.84. The van der Waals surface area contributed by atoms with E-state index in [0.29, 0.717) is 6.61 Å². The van der Waals surface area contributed by atoms with Crippen molar-refractivity contribution < 1.29 is 9.63 Å². The van der Waals surface area contributed by atoms with Crippen molar-refractivity contribution in [1.29, 1.82) is 0 Å². The average molecular weight is 312 g/mol. The van der Waals surface area contributed by atoms with E-state index in [1.54, 1.807) is 0 Å². The van der Waals surface area contributed by atoms with Gasteiger partial charge in [-0.25, -0.2) is 5.48 Å². The number of rotatable bonds is 8. The minimum absolute atomic E-state index is 0.179. The van der Waals surface area contributed by atoms with E-state index in [-0.39, 0.29) is 5.91 Å². The highest BCUT2D eigenvalue weighted by Crippen LogP contribution is 2.05. The Morgan fingerprint density at radius 3 is 2.13 bits per heavy atom. The first-order valence-corrected chi connectivity index (χ1v) is 7.83. The van der Waals surface area contributed by atoms with Crippen LogP contribution in [0, 0.1) is 0 Å². The molecule has 122 valence electrons. The van der Waals surface area contributed by atoms with Crippen molar-refractivity contribution in [3.63, 3.8) is 0 Å². The predicted molar refractivity (Wildman–Crippen MR) is 91.6 cm³/mol. The average Bonchev–Trinajstić information content (AvgIpc) is 2.56. The Morgan fingerprint density at radius 1 is 0.957 bits per heavy atom. The van der Waals surface area contributed by atoms with Gasteiger partial charge in [0.2, 0.25) is 0 Å². The molecule has 0 saturated heterocycles. The summed E-state index contributed by atoms with van der Waals surface area (Å²) in [6.45, 7) is 4.77. The maximum atomic E-state index is 12.2. The van der Waals surface area contributed by atoms with Crippen LogP contribution in [0.15, 0.2) is 60.7 Å². The highest BCUT2D eigenvalue weighted by Gasteiger charge is 2.26. The van der Waals surface area contributed by atoms with E-state index in [1.807, 2.05) is 62.4 Å². The number of hydrogen-bond donors (Lipinski definition) is 2. The number of carbonyl (C=O) groups is 1. The van der Waals surface area contributed by atoms with Crippen LogP contribution in [-0.2, 0) is 22.7 Å². The Morgan fingerprint density at radius 2 is 1.52 bits per heavy atom. The topological polar surface area (TPSA) is 50.4 Å². The van der Waals surface area contributed by atoms with Crippen molar-refractivity contribution in [2.24, 2.45) is 0 Å². The van der Waals surface area contributed by atoms with Gasteiger partial charge in [0.05, 0.1) is 12.1 Å². The molecule has 4 heteroatoms. The van der Waals surface area contributed by atoms with Crippen molar-refractivity contribution in [3.8, 4) is 0 Å². The Labute approximate surface area is 137 Å². The zero-order valence-electron chi connectivity index (χ0n) is 13.7. The second-order valence-electron chi connectivity index (χ2n) is 5.99. The molecule has 0 aromatic heterocycles. The molecule has 4 nitrogen and oxygen atoms in total. The summed E-state index contributed by atoms with van der Waals surface area (Å²) in [5, 5.41) is 3.26. The molecule has 0 heterocycles. The van der Waals surface area contributed by atoms with Gasteiger partial charge in [0, 0.05) is 6.54 Å². The van der Waals surface area contributed by atoms with E-state index in [1.165, 1.54) is 5.56 Å². The number of hydrogen-bond acceptors (Lipinski definition) is 3. The summed E-state index contributed by atoms with van der Waals surface area (Å²) >= 11 is 0. The van der Waals surface area contributed by atoms with Gasteiger partial charge in [0.25, 0.3) is 5.91 Å². The predicted octanol–water partition coefficient (Wildman–Crippen LogP) is 2.85. The van der Waals surface area contributed by atoms with Gasteiger partial charge in [-0.1, -0.05) is 60.7 Å². The summed E-state index contributed by atoms with van der Waals surface area (Å²) in [5.74, 6) is -0.179. The SMILES string of the molecule is CC(C)(NCCc1ccccc1)C(=O)NOCc1ccccc1. The van der Waals surface area contributed by atoms with Gasteiger partial charge >= 0.3 is 0 Å². The van der Waals surface area contributed by atoms with Crippen molar-refractivity contribution >= 4 is 5.91 Å². The van der Waals surface area contributed by atoms with Crippen LogP contribution in [0.1, 0.15) is 25.0 Å². The molecule has 0 bridgehead atoms. The molecule has 0 saturated carbocycles. The summed E-state index contributed by atoms with van der Waals surface area (Å²) < 4.78 is 0. The normalized spacial score (nSPS) is 11.2. The molecule has 0 fully saturated rings. The summed E-state index contributed by atoms with van der Waals surface area (Å²) in [7, 11) is 0. The minimum atomic E-state index is -0.689. The molecule has 0 unspecified atom stereocenters.